The maximum Gasteiger partial charge on any atom is 0.244 e. The summed E-state index contributed by atoms with van der Waals surface area (Å²) in [6.07, 6.45) is 0.231. The van der Waals surface area contributed by atoms with Gasteiger partial charge in [-0.3, -0.25) is 14.9 Å². The van der Waals surface area contributed by atoms with E-state index in [2.05, 4.69) is 26.0 Å². The van der Waals surface area contributed by atoms with E-state index < -0.39 is 27.9 Å². The van der Waals surface area contributed by atoms with E-state index in [4.69, 9.17) is 5.73 Å². The van der Waals surface area contributed by atoms with Crippen LogP contribution in [-0.4, -0.2) is 26.3 Å². The lowest BCUT2D eigenvalue weighted by molar-refractivity contribution is -0.134. The fourth-order valence-corrected chi connectivity index (χ4v) is 3.96. The Labute approximate surface area is 130 Å². The zero-order valence-corrected chi connectivity index (χ0v) is 13.5. The molecular weight excluding hydrogens is 362 g/mol. The quantitative estimate of drug-likeness (QED) is 0.522. The van der Waals surface area contributed by atoms with Crippen LogP contribution in [0.15, 0.2) is 21.5 Å². The van der Waals surface area contributed by atoms with E-state index in [1.807, 2.05) is 0 Å². The highest BCUT2D eigenvalue weighted by atomic mass is 79.9. The summed E-state index contributed by atoms with van der Waals surface area (Å²) in [5, 5.41) is 2.10. The number of nitrogens with two attached hydrogens (primary N) is 1. The van der Waals surface area contributed by atoms with Gasteiger partial charge in [0.2, 0.25) is 21.8 Å². The number of nitrogens with one attached hydrogen (secondary N) is 2. The fraction of sp³-hybridized carbons (Fsp3) is 0.333. The second kappa shape index (κ2) is 5.74. The predicted molar refractivity (Wildman–Crippen MR) is 79.8 cm³/mol. The Kier molecular flexibility index (Phi) is 4.35. The van der Waals surface area contributed by atoms with Gasteiger partial charge in [-0.1, -0.05) is 0 Å². The van der Waals surface area contributed by atoms with E-state index in [0.717, 1.165) is 0 Å². The van der Waals surface area contributed by atoms with Crippen LogP contribution < -0.4 is 15.8 Å². The third kappa shape index (κ3) is 3.42. The topological polar surface area (TPSA) is 118 Å². The van der Waals surface area contributed by atoms with Crippen LogP contribution in [0.1, 0.15) is 18.4 Å². The van der Waals surface area contributed by atoms with Crippen LogP contribution in [0.4, 0.5) is 5.69 Å². The molecule has 1 aliphatic rings. The zero-order chi connectivity index (χ0) is 15.8. The minimum Gasteiger partial charge on any atom is -0.398 e. The first-order chi connectivity index (χ1) is 9.70. The Hall–Kier alpha value is -1.45. The van der Waals surface area contributed by atoms with Gasteiger partial charge in [-0.25, -0.2) is 8.42 Å². The lowest BCUT2D eigenvalue weighted by atomic mass is 10.1. The molecule has 1 atom stereocenters. The standard InChI is InChI=1S/C12H14BrN3O4S/c1-6-4-7(13)8(14)5-10(6)21(19,20)16-9-2-3-11(17)15-12(9)18/h4-5,9,16H,2-3,14H2,1H3,(H,15,17,18). The highest BCUT2D eigenvalue weighted by Gasteiger charge is 2.31. The maximum absolute atomic E-state index is 12.4. The number of amides is 2. The molecule has 1 aromatic rings. The number of hydrogen-bond donors (Lipinski definition) is 3. The van der Waals surface area contributed by atoms with Crippen LogP contribution in [0.2, 0.25) is 0 Å². The van der Waals surface area contributed by atoms with Crippen LogP contribution in [0.25, 0.3) is 0 Å². The Bertz CT molecular complexity index is 717. The molecule has 1 aromatic carbocycles. The molecule has 21 heavy (non-hydrogen) atoms. The average molecular weight is 376 g/mol. The van der Waals surface area contributed by atoms with Crippen LogP contribution >= 0.6 is 15.9 Å². The number of hydrogen-bond acceptors (Lipinski definition) is 5. The highest BCUT2D eigenvalue weighted by Crippen LogP contribution is 2.26. The van der Waals surface area contributed by atoms with E-state index in [0.29, 0.717) is 10.0 Å². The van der Waals surface area contributed by atoms with Crippen molar-refractivity contribution in [2.24, 2.45) is 0 Å². The van der Waals surface area contributed by atoms with Crippen molar-refractivity contribution in [3.05, 3.63) is 22.2 Å². The smallest absolute Gasteiger partial charge is 0.244 e. The van der Waals surface area contributed by atoms with Crippen LogP contribution in [0.5, 0.6) is 0 Å². The Morgan fingerprint density at radius 2 is 2.05 bits per heavy atom. The zero-order valence-electron chi connectivity index (χ0n) is 11.1. The van der Waals surface area contributed by atoms with Crippen molar-refractivity contribution >= 4 is 43.5 Å². The predicted octanol–water partition coefficient (Wildman–Crippen LogP) is 0.423. The number of carbonyl (C=O) groups is 2. The largest absolute Gasteiger partial charge is 0.398 e. The van der Waals surface area contributed by atoms with Gasteiger partial charge in [-0.05, 0) is 47.0 Å². The minimum absolute atomic E-state index is 0.00731. The second-order valence-corrected chi connectivity index (χ2v) is 7.30. The number of aryl methyl sites for hydroxylation is 1. The SMILES string of the molecule is Cc1cc(Br)c(N)cc1S(=O)(=O)NC1CCC(=O)NC1=O. The number of rotatable bonds is 3. The van der Waals surface area contributed by atoms with Gasteiger partial charge in [0.25, 0.3) is 0 Å². The van der Waals surface area contributed by atoms with Crippen molar-refractivity contribution in [3.63, 3.8) is 0 Å². The summed E-state index contributed by atoms with van der Waals surface area (Å²) in [5.74, 6) is -1.04. The number of piperidine rings is 1. The molecular formula is C12H14BrN3O4S. The number of benzene rings is 1. The van der Waals surface area contributed by atoms with E-state index in [-0.39, 0.29) is 23.4 Å². The molecule has 2 amide bonds. The molecule has 1 aliphatic heterocycles. The summed E-state index contributed by atoms with van der Waals surface area (Å²) >= 11 is 3.22. The molecule has 7 nitrogen and oxygen atoms in total. The molecule has 0 bridgehead atoms. The number of anilines is 1. The first-order valence-electron chi connectivity index (χ1n) is 6.12. The molecule has 1 saturated heterocycles. The Balaban J connectivity index is 2.29. The van der Waals surface area contributed by atoms with Gasteiger partial charge < -0.3 is 5.73 Å². The highest BCUT2D eigenvalue weighted by molar-refractivity contribution is 9.10. The molecule has 1 heterocycles. The first-order valence-corrected chi connectivity index (χ1v) is 8.40. The third-order valence-electron chi connectivity index (χ3n) is 3.12. The summed E-state index contributed by atoms with van der Waals surface area (Å²) in [7, 11) is -3.90. The number of imide groups is 1. The van der Waals surface area contributed by atoms with Gasteiger partial charge in [-0.2, -0.15) is 4.72 Å². The number of nitrogen functional groups attached to an aromatic ring is 1. The minimum atomic E-state index is -3.90. The maximum atomic E-state index is 12.4. The second-order valence-electron chi connectivity index (χ2n) is 4.76. The fourth-order valence-electron chi connectivity index (χ4n) is 2.01. The van der Waals surface area contributed by atoms with Gasteiger partial charge in [0.1, 0.15) is 6.04 Å². The van der Waals surface area contributed by atoms with Crippen molar-refractivity contribution in [2.45, 2.75) is 30.7 Å². The van der Waals surface area contributed by atoms with Crippen LogP contribution in [-0.2, 0) is 19.6 Å². The normalized spacial score (nSPS) is 19.4. The number of carbonyl (C=O) groups excluding carboxylic acids is 2. The van der Waals surface area contributed by atoms with E-state index >= 15 is 0 Å². The third-order valence-corrected chi connectivity index (χ3v) is 5.42. The van der Waals surface area contributed by atoms with Crippen LogP contribution in [0.3, 0.4) is 0 Å². The summed E-state index contributed by atoms with van der Waals surface area (Å²) < 4.78 is 27.6. The Morgan fingerprint density at radius 1 is 1.38 bits per heavy atom. The molecule has 2 rings (SSSR count). The number of halogens is 1. The van der Waals surface area contributed by atoms with E-state index in [1.54, 1.807) is 13.0 Å². The first kappa shape index (κ1) is 15.9. The van der Waals surface area contributed by atoms with Crippen LogP contribution in [0, 0.1) is 6.92 Å². The molecule has 4 N–H and O–H groups in total. The van der Waals surface area contributed by atoms with E-state index in [1.165, 1.54) is 6.07 Å². The van der Waals surface area contributed by atoms with Crippen molar-refractivity contribution in [2.75, 3.05) is 5.73 Å². The van der Waals surface area contributed by atoms with Gasteiger partial charge in [0.05, 0.1) is 4.90 Å². The lowest BCUT2D eigenvalue weighted by Crippen LogP contribution is -2.52. The summed E-state index contributed by atoms with van der Waals surface area (Å²) in [4.78, 5) is 22.7. The van der Waals surface area contributed by atoms with Crippen molar-refractivity contribution in [1.82, 2.24) is 10.0 Å². The molecule has 114 valence electrons. The summed E-state index contributed by atoms with van der Waals surface area (Å²) in [6.45, 7) is 1.63. The van der Waals surface area contributed by atoms with E-state index in [9.17, 15) is 18.0 Å². The van der Waals surface area contributed by atoms with Crippen molar-refractivity contribution < 1.29 is 18.0 Å². The number of sulfonamides is 1. The Morgan fingerprint density at radius 3 is 2.67 bits per heavy atom. The van der Waals surface area contributed by atoms with Gasteiger partial charge in [0, 0.05) is 16.6 Å². The molecule has 0 aromatic heterocycles. The molecule has 0 radical (unpaired) electrons. The average Bonchev–Trinajstić information content (AvgIpc) is 2.37. The summed E-state index contributed by atoms with van der Waals surface area (Å²) in [6, 6.07) is 1.96. The molecule has 1 fully saturated rings. The van der Waals surface area contributed by atoms with Gasteiger partial charge in [0.15, 0.2) is 0 Å². The van der Waals surface area contributed by atoms with Crippen molar-refractivity contribution in [1.29, 1.82) is 0 Å². The monoisotopic (exact) mass is 375 g/mol. The van der Waals surface area contributed by atoms with Gasteiger partial charge >= 0.3 is 0 Å². The summed E-state index contributed by atoms with van der Waals surface area (Å²) in [5.41, 5.74) is 6.48. The molecule has 1 unspecified atom stereocenters. The molecule has 0 spiro atoms. The molecule has 0 aliphatic carbocycles. The van der Waals surface area contributed by atoms with Crippen molar-refractivity contribution in [3.8, 4) is 0 Å². The van der Waals surface area contributed by atoms with Gasteiger partial charge in [-0.15, -0.1) is 0 Å². The molecule has 0 saturated carbocycles. The lowest BCUT2D eigenvalue weighted by Gasteiger charge is -2.22. The molecule has 9 heteroatoms.